The molecule has 2 aromatic heterocycles. The molecule has 0 aliphatic rings. The normalized spacial score (nSPS) is 10.8. The molecule has 0 saturated carbocycles. The molecule has 3 aromatic rings. The van der Waals surface area contributed by atoms with Crippen LogP contribution in [0.1, 0.15) is 19.0 Å². The van der Waals surface area contributed by atoms with Crippen LogP contribution in [0.25, 0.3) is 16.8 Å². The molecular formula is C19H19N3O3S. The van der Waals surface area contributed by atoms with Gasteiger partial charge in [0.25, 0.3) is 0 Å². The number of benzene rings is 1. The maximum absolute atomic E-state index is 12.0. The van der Waals surface area contributed by atoms with Crippen LogP contribution in [0.4, 0.5) is 0 Å². The summed E-state index contributed by atoms with van der Waals surface area (Å²) >= 11 is 1.34. The highest BCUT2D eigenvalue weighted by atomic mass is 32.2. The van der Waals surface area contributed by atoms with Crippen molar-refractivity contribution in [3.8, 4) is 11.1 Å². The van der Waals surface area contributed by atoms with Crippen molar-refractivity contribution in [2.24, 2.45) is 0 Å². The fourth-order valence-electron chi connectivity index (χ4n) is 2.55. The Hall–Kier alpha value is -2.67. The number of carbonyl (C=O) groups excluding carboxylic acids is 2. The fraction of sp³-hybridized carbons (Fsp3) is 0.263. The second-order valence-electron chi connectivity index (χ2n) is 5.70. The van der Waals surface area contributed by atoms with Gasteiger partial charge in [0.1, 0.15) is 11.4 Å². The summed E-state index contributed by atoms with van der Waals surface area (Å²) in [6.07, 6.45) is 1.57. The molecule has 0 atom stereocenters. The second kappa shape index (κ2) is 8.14. The number of hydrogen-bond acceptors (Lipinski definition) is 6. The van der Waals surface area contributed by atoms with E-state index in [1.54, 1.807) is 17.6 Å². The Balaban J connectivity index is 1.82. The Bertz CT molecular complexity index is 938. The fourth-order valence-corrected chi connectivity index (χ4v) is 3.47. The topological polar surface area (TPSA) is 73.6 Å². The summed E-state index contributed by atoms with van der Waals surface area (Å²) in [6, 6.07) is 11.8. The van der Waals surface area contributed by atoms with Crippen LogP contribution in [0.3, 0.4) is 0 Å². The smallest absolute Gasteiger partial charge is 0.313 e. The third-order valence-corrected chi connectivity index (χ3v) is 4.73. The minimum atomic E-state index is -0.486. The Labute approximate surface area is 155 Å². The number of ketones is 1. The van der Waals surface area contributed by atoms with Crippen LogP contribution < -0.4 is 0 Å². The predicted molar refractivity (Wildman–Crippen MR) is 100 cm³/mol. The first-order chi connectivity index (χ1) is 12.6. The quantitative estimate of drug-likeness (QED) is 0.275. The number of aromatic nitrogens is 3. The van der Waals surface area contributed by atoms with E-state index in [0.29, 0.717) is 0 Å². The molecule has 0 amide bonds. The third-order valence-electron chi connectivity index (χ3n) is 3.68. The molecule has 134 valence electrons. The number of aryl methyl sites for hydroxylation is 1. The summed E-state index contributed by atoms with van der Waals surface area (Å²) in [5.74, 6) is -0.483. The molecule has 0 radical (unpaired) electrons. The number of hydrogen-bond donors (Lipinski definition) is 0. The van der Waals surface area contributed by atoms with Gasteiger partial charge in [-0.3, -0.25) is 9.59 Å². The lowest BCUT2D eigenvalue weighted by Crippen LogP contribution is -2.13. The molecule has 0 unspecified atom stereocenters. The zero-order valence-corrected chi connectivity index (χ0v) is 15.5. The van der Waals surface area contributed by atoms with E-state index < -0.39 is 5.97 Å². The monoisotopic (exact) mass is 369 g/mol. The molecule has 0 spiro atoms. The van der Waals surface area contributed by atoms with Crippen LogP contribution in [-0.2, 0) is 14.3 Å². The van der Waals surface area contributed by atoms with Crippen molar-refractivity contribution in [1.29, 1.82) is 0 Å². The third kappa shape index (κ3) is 4.11. The van der Waals surface area contributed by atoms with Gasteiger partial charge in [-0.2, -0.15) is 5.10 Å². The molecular weight excluding hydrogens is 350 g/mol. The average Bonchev–Trinajstić information content (AvgIpc) is 3.04. The number of rotatable bonds is 7. The predicted octanol–water partition coefficient (Wildman–Crippen LogP) is 3.32. The molecule has 3 rings (SSSR count). The number of ether oxygens (including phenoxy) is 1. The number of Topliss-reactive ketones (excluding diaryl/α,β-unsaturated/α-hetero) is 1. The Morgan fingerprint density at radius 1 is 1.23 bits per heavy atom. The van der Waals surface area contributed by atoms with Gasteiger partial charge in [-0.25, -0.2) is 9.50 Å². The van der Waals surface area contributed by atoms with Crippen LogP contribution >= 0.6 is 11.8 Å². The molecule has 7 heteroatoms. The Morgan fingerprint density at radius 3 is 2.73 bits per heavy atom. The lowest BCUT2D eigenvalue weighted by atomic mass is 10.1. The van der Waals surface area contributed by atoms with Crippen molar-refractivity contribution in [3.05, 3.63) is 48.3 Å². The number of thioether (sulfide) groups is 1. The molecule has 0 fully saturated rings. The molecule has 0 aliphatic carbocycles. The number of fused-ring (bicyclic) bond motifs is 1. The molecule has 0 bridgehead atoms. The second-order valence-corrected chi connectivity index (χ2v) is 6.70. The maximum atomic E-state index is 12.0. The molecule has 0 aliphatic heterocycles. The van der Waals surface area contributed by atoms with Crippen LogP contribution in [-0.4, -0.2) is 38.7 Å². The largest absolute Gasteiger partial charge is 0.466 e. The van der Waals surface area contributed by atoms with E-state index in [1.807, 2.05) is 43.3 Å². The standard InChI is InChI=1S/C19H19N3O3S/c1-3-25-18(24)10-15(23)12-26-17-9-13(2)21-19-16(11-20-22(17)19)14-7-5-4-6-8-14/h4-9,11H,3,10,12H2,1-2H3. The highest BCUT2D eigenvalue weighted by Gasteiger charge is 2.15. The minimum Gasteiger partial charge on any atom is -0.466 e. The van der Waals surface area contributed by atoms with Gasteiger partial charge < -0.3 is 4.74 Å². The average molecular weight is 369 g/mol. The summed E-state index contributed by atoms with van der Waals surface area (Å²) in [5, 5.41) is 5.25. The van der Waals surface area contributed by atoms with Crippen molar-refractivity contribution in [2.75, 3.05) is 12.4 Å². The summed E-state index contributed by atoms with van der Waals surface area (Å²) in [4.78, 5) is 28.0. The van der Waals surface area contributed by atoms with Crippen LogP contribution in [0.5, 0.6) is 0 Å². The van der Waals surface area contributed by atoms with Crippen LogP contribution in [0.2, 0.25) is 0 Å². The maximum Gasteiger partial charge on any atom is 0.313 e. The molecule has 0 saturated heterocycles. The lowest BCUT2D eigenvalue weighted by Gasteiger charge is -2.06. The van der Waals surface area contributed by atoms with Crippen LogP contribution in [0, 0.1) is 6.92 Å². The SMILES string of the molecule is CCOC(=O)CC(=O)CSc1cc(C)nc2c(-c3ccccc3)cnn12. The van der Waals surface area contributed by atoms with E-state index in [-0.39, 0.29) is 24.6 Å². The summed E-state index contributed by atoms with van der Waals surface area (Å²) in [7, 11) is 0. The van der Waals surface area contributed by atoms with E-state index in [4.69, 9.17) is 4.74 Å². The molecule has 26 heavy (non-hydrogen) atoms. The van der Waals surface area contributed by atoms with E-state index in [2.05, 4.69) is 10.1 Å². The van der Waals surface area contributed by atoms with E-state index >= 15 is 0 Å². The number of esters is 1. The molecule has 0 N–H and O–H groups in total. The van der Waals surface area contributed by atoms with Gasteiger partial charge in [0, 0.05) is 11.3 Å². The zero-order chi connectivity index (χ0) is 18.5. The van der Waals surface area contributed by atoms with Crippen molar-refractivity contribution < 1.29 is 14.3 Å². The lowest BCUT2D eigenvalue weighted by molar-refractivity contribution is -0.145. The van der Waals surface area contributed by atoms with Gasteiger partial charge in [-0.1, -0.05) is 42.1 Å². The zero-order valence-electron chi connectivity index (χ0n) is 14.6. The highest BCUT2D eigenvalue weighted by Crippen LogP contribution is 2.27. The van der Waals surface area contributed by atoms with E-state index in [9.17, 15) is 9.59 Å². The van der Waals surface area contributed by atoms with Gasteiger partial charge in [-0.15, -0.1) is 0 Å². The number of nitrogens with zero attached hydrogens (tertiary/aromatic N) is 3. The molecule has 1 aromatic carbocycles. The first-order valence-electron chi connectivity index (χ1n) is 8.29. The molecule has 6 nitrogen and oxygen atoms in total. The van der Waals surface area contributed by atoms with Gasteiger partial charge in [0.15, 0.2) is 11.4 Å². The summed E-state index contributed by atoms with van der Waals surface area (Å²) in [5.41, 5.74) is 3.57. The minimum absolute atomic E-state index is 0.175. The number of carbonyl (C=O) groups is 2. The summed E-state index contributed by atoms with van der Waals surface area (Å²) < 4.78 is 6.54. The van der Waals surface area contributed by atoms with E-state index in [0.717, 1.165) is 27.5 Å². The van der Waals surface area contributed by atoms with Crippen molar-refractivity contribution in [3.63, 3.8) is 0 Å². The van der Waals surface area contributed by atoms with Gasteiger partial charge in [-0.05, 0) is 25.5 Å². The Kier molecular flexibility index (Phi) is 5.68. The van der Waals surface area contributed by atoms with Crippen LogP contribution in [0.15, 0.2) is 47.6 Å². The van der Waals surface area contributed by atoms with Crippen molar-refractivity contribution >= 4 is 29.2 Å². The van der Waals surface area contributed by atoms with Gasteiger partial charge in [0.05, 0.1) is 18.6 Å². The first-order valence-corrected chi connectivity index (χ1v) is 9.28. The van der Waals surface area contributed by atoms with Crippen molar-refractivity contribution in [1.82, 2.24) is 14.6 Å². The van der Waals surface area contributed by atoms with Crippen molar-refractivity contribution in [2.45, 2.75) is 25.3 Å². The summed E-state index contributed by atoms with van der Waals surface area (Å²) in [6.45, 7) is 3.90. The Morgan fingerprint density at radius 2 is 2.00 bits per heavy atom. The highest BCUT2D eigenvalue weighted by molar-refractivity contribution is 7.99. The first kappa shape index (κ1) is 18.1. The van der Waals surface area contributed by atoms with E-state index in [1.165, 1.54) is 11.8 Å². The van der Waals surface area contributed by atoms with Gasteiger partial charge in [0.2, 0.25) is 0 Å². The molecule has 2 heterocycles. The van der Waals surface area contributed by atoms with Gasteiger partial charge >= 0.3 is 5.97 Å².